The summed E-state index contributed by atoms with van der Waals surface area (Å²) in [6, 6.07) is 5.25. The normalized spacial score (nSPS) is 17.2. The molecule has 2 aromatic rings. The summed E-state index contributed by atoms with van der Waals surface area (Å²) in [5, 5.41) is 3.74. The summed E-state index contributed by atoms with van der Waals surface area (Å²) in [5.74, 6) is 1.27. The highest BCUT2D eigenvalue weighted by Crippen LogP contribution is 2.35. The lowest BCUT2D eigenvalue weighted by atomic mass is 10.2. The molecular weight excluding hydrogens is 374 g/mol. The first-order chi connectivity index (χ1) is 12.5. The Kier molecular flexibility index (Phi) is 4.58. The fourth-order valence-corrected chi connectivity index (χ4v) is 4.74. The number of ether oxygens (including phenoxy) is 2. The third-order valence-corrected chi connectivity index (χ3v) is 6.31. The highest BCUT2D eigenvalue weighted by molar-refractivity contribution is 8.00. The van der Waals surface area contributed by atoms with E-state index in [1.165, 1.54) is 16.3 Å². The van der Waals surface area contributed by atoms with Gasteiger partial charge < -0.3 is 14.8 Å². The zero-order valence-electron chi connectivity index (χ0n) is 14.3. The van der Waals surface area contributed by atoms with Crippen LogP contribution in [0.2, 0.25) is 0 Å². The lowest BCUT2D eigenvalue weighted by Crippen LogP contribution is -2.23. The molecule has 0 radical (unpaired) electrons. The number of carbonyl (C=O) groups is 1. The zero-order valence-corrected chi connectivity index (χ0v) is 15.9. The van der Waals surface area contributed by atoms with Gasteiger partial charge in [-0.15, -0.1) is 11.8 Å². The number of carbonyl (C=O) groups excluding carboxylic acids is 1. The van der Waals surface area contributed by atoms with Crippen molar-refractivity contribution < 1.29 is 14.3 Å². The van der Waals surface area contributed by atoms with Gasteiger partial charge in [0.25, 0.3) is 5.56 Å². The summed E-state index contributed by atoms with van der Waals surface area (Å²) in [6.07, 6.45) is 0.785. The van der Waals surface area contributed by atoms with Crippen LogP contribution in [-0.2, 0) is 18.3 Å². The quantitative estimate of drug-likeness (QED) is 0.632. The summed E-state index contributed by atoms with van der Waals surface area (Å²) in [6.45, 7) is 2.27. The van der Waals surface area contributed by atoms with Crippen LogP contribution in [0.25, 0.3) is 0 Å². The third-order valence-electron chi connectivity index (χ3n) is 4.07. The number of nitrogens with one attached hydrogen (secondary N) is 1. The first-order valence-electron chi connectivity index (χ1n) is 8.10. The maximum atomic E-state index is 12.4. The number of anilines is 1. The molecule has 0 unspecified atom stereocenters. The second-order valence-electron chi connectivity index (χ2n) is 6.07. The minimum absolute atomic E-state index is 0.0389. The number of fused-ring (bicyclic) bond motifs is 2. The SMILES string of the molecule is C[C@H]1Cc2nc(SCC(=O)Nc3ccc4c(c3)OCO4)n(C)c(=O)c2S1. The molecule has 0 bridgehead atoms. The van der Waals surface area contributed by atoms with Crippen LogP contribution in [0.3, 0.4) is 0 Å². The van der Waals surface area contributed by atoms with Gasteiger partial charge in [0.2, 0.25) is 12.7 Å². The predicted molar refractivity (Wildman–Crippen MR) is 100 cm³/mol. The van der Waals surface area contributed by atoms with E-state index in [1.807, 2.05) is 0 Å². The van der Waals surface area contributed by atoms with Gasteiger partial charge in [0.15, 0.2) is 16.7 Å². The number of amides is 1. The Labute approximate surface area is 158 Å². The van der Waals surface area contributed by atoms with Crippen LogP contribution in [-0.4, -0.2) is 33.3 Å². The fourth-order valence-electron chi connectivity index (χ4n) is 2.81. The van der Waals surface area contributed by atoms with Gasteiger partial charge in [0, 0.05) is 30.5 Å². The Balaban J connectivity index is 1.43. The number of nitrogens with zero attached hydrogens (tertiary/aromatic N) is 2. The third kappa shape index (κ3) is 3.28. The van der Waals surface area contributed by atoms with E-state index in [4.69, 9.17) is 9.47 Å². The molecule has 0 spiro atoms. The van der Waals surface area contributed by atoms with Crippen LogP contribution >= 0.6 is 23.5 Å². The van der Waals surface area contributed by atoms with Crippen molar-refractivity contribution in [2.75, 3.05) is 17.9 Å². The Morgan fingerprint density at radius 3 is 3.08 bits per heavy atom. The first-order valence-corrected chi connectivity index (χ1v) is 9.96. The molecule has 0 saturated heterocycles. The van der Waals surface area contributed by atoms with E-state index in [2.05, 4.69) is 17.2 Å². The monoisotopic (exact) mass is 391 g/mol. The smallest absolute Gasteiger partial charge is 0.267 e. The van der Waals surface area contributed by atoms with Crippen molar-refractivity contribution in [2.45, 2.75) is 28.6 Å². The molecule has 2 aliphatic rings. The summed E-state index contributed by atoms with van der Waals surface area (Å²) < 4.78 is 12.1. The number of thioether (sulfide) groups is 2. The van der Waals surface area contributed by atoms with E-state index >= 15 is 0 Å². The maximum Gasteiger partial charge on any atom is 0.267 e. The number of hydrogen-bond acceptors (Lipinski definition) is 7. The van der Waals surface area contributed by atoms with Gasteiger partial charge in [-0.3, -0.25) is 14.2 Å². The van der Waals surface area contributed by atoms with Crippen LogP contribution in [0.15, 0.2) is 33.0 Å². The molecule has 2 aliphatic heterocycles. The van der Waals surface area contributed by atoms with Crippen molar-refractivity contribution in [3.05, 3.63) is 34.2 Å². The largest absolute Gasteiger partial charge is 0.454 e. The molecule has 1 aromatic carbocycles. The van der Waals surface area contributed by atoms with E-state index in [1.54, 1.807) is 37.0 Å². The molecule has 136 valence electrons. The molecule has 0 saturated carbocycles. The molecule has 4 rings (SSSR count). The molecule has 1 atom stereocenters. The predicted octanol–water partition coefficient (Wildman–Crippen LogP) is 2.28. The van der Waals surface area contributed by atoms with Gasteiger partial charge in [0.1, 0.15) is 0 Å². The molecule has 9 heteroatoms. The Morgan fingerprint density at radius 1 is 1.42 bits per heavy atom. The van der Waals surface area contributed by atoms with Crippen LogP contribution in [0.5, 0.6) is 11.5 Å². The molecule has 1 aromatic heterocycles. The fraction of sp³-hybridized carbons (Fsp3) is 0.353. The van der Waals surface area contributed by atoms with Gasteiger partial charge in [-0.2, -0.15) is 0 Å². The van der Waals surface area contributed by atoms with Gasteiger partial charge in [-0.25, -0.2) is 4.98 Å². The zero-order chi connectivity index (χ0) is 18.3. The molecule has 26 heavy (non-hydrogen) atoms. The summed E-state index contributed by atoms with van der Waals surface area (Å²) in [5.41, 5.74) is 1.44. The summed E-state index contributed by atoms with van der Waals surface area (Å²) in [4.78, 5) is 30.0. The lowest BCUT2D eigenvalue weighted by Gasteiger charge is -2.09. The van der Waals surface area contributed by atoms with Crippen LogP contribution in [0.1, 0.15) is 12.6 Å². The van der Waals surface area contributed by atoms with Crippen LogP contribution in [0, 0.1) is 0 Å². The van der Waals surface area contributed by atoms with Crippen molar-refractivity contribution >= 4 is 35.1 Å². The molecule has 0 aliphatic carbocycles. The molecule has 7 nitrogen and oxygen atoms in total. The Hall–Kier alpha value is -2.13. The first kappa shape index (κ1) is 17.3. The van der Waals surface area contributed by atoms with Gasteiger partial charge >= 0.3 is 0 Å². The number of benzene rings is 1. The van der Waals surface area contributed by atoms with Crippen molar-refractivity contribution in [1.29, 1.82) is 0 Å². The van der Waals surface area contributed by atoms with E-state index < -0.39 is 0 Å². The van der Waals surface area contributed by atoms with Gasteiger partial charge in [0.05, 0.1) is 16.3 Å². The topological polar surface area (TPSA) is 82.4 Å². The Bertz CT molecular complexity index is 944. The minimum Gasteiger partial charge on any atom is -0.454 e. The number of rotatable bonds is 4. The second kappa shape index (κ2) is 6.88. The van der Waals surface area contributed by atoms with Gasteiger partial charge in [-0.1, -0.05) is 18.7 Å². The second-order valence-corrected chi connectivity index (χ2v) is 8.46. The molecule has 3 heterocycles. The van der Waals surface area contributed by atoms with Crippen molar-refractivity contribution in [3.8, 4) is 11.5 Å². The van der Waals surface area contributed by atoms with Crippen molar-refractivity contribution in [2.24, 2.45) is 7.05 Å². The number of hydrogen-bond donors (Lipinski definition) is 1. The van der Waals surface area contributed by atoms with Gasteiger partial charge in [-0.05, 0) is 12.1 Å². The average Bonchev–Trinajstić information content (AvgIpc) is 3.22. The number of aromatic nitrogens is 2. The van der Waals surface area contributed by atoms with E-state index in [0.717, 1.165) is 17.0 Å². The van der Waals surface area contributed by atoms with E-state index in [9.17, 15) is 9.59 Å². The summed E-state index contributed by atoms with van der Waals surface area (Å²) >= 11 is 2.83. The standard InChI is InChI=1S/C17H17N3O4S2/c1-9-5-11-15(26-9)16(22)20(2)17(19-11)25-7-14(21)18-10-3-4-12-13(6-10)24-8-23-12/h3-4,6,9H,5,7-8H2,1-2H3,(H,18,21)/t9-/m0/s1. The maximum absolute atomic E-state index is 12.4. The van der Waals surface area contributed by atoms with Crippen LogP contribution in [0.4, 0.5) is 5.69 Å². The highest BCUT2D eigenvalue weighted by Gasteiger charge is 2.25. The van der Waals surface area contributed by atoms with Crippen LogP contribution < -0.4 is 20.3 Å². The highest BCUT2D eigenvalue weighted by atomic mass is 32.2. The lowest BCUT2D eigenvalue weighted by molar-refractivity contribution is -0.113. The average molecular weight is 391 g/mol. The molecular formula is C17H17N3O4S2. The van der Waals surface area contributed by atoms with Crippen molar-refractivity contribution in [3.63, 3.8) is 0 Å². The molecule has 1 N–H and O–H groups in total. The summed E-state index contributed by atoms with van der Waals surface area (Å²) in [7, 11) is 1.69. The van der Waals surface area contributed by atoms with Crippen molar-refractivity contribution in [1.82, 2.24) is 9.55 Å². The molecule has 1 amide bonds. The van der Waals surface area contributed by atoms with E-state index in [0.29, 0.717) is 27.6 Å². The Morgan fingerprint density at radius 2 is 2.23 bits per heavy atom. The van der Waals surface area contributed by atoms with E-state index in [-0.39, 0.29) is 24.0 Å². The molecule has 0 fully saturated rings. The minimum atomic E-state index is -0.175.